The van der Waals surface area contributed by atoms with E-state index in [1.165, 1.54) is 11.1 Å². The summed E-state index contributed by atoms with van der Waals surface area (Å²) in [7, 11) is 6.23. The van der Waals surface area contributed by atoms with Crippen molar-refractivity contribution < 1.29 is 23.5 Å². The molecular formula is C31H34Cl3F2N5O4S. The van der Waals surface area contributed by atoms with Gasteiger partial charge >= 0.3 is 11.4 Å². The van der Waals surface area contributed by atoms with Gasteiger partial charge in [-0.1, -0.05) is 41.0 Å². The Hall–Kier alpha value is -2.87. The third kappa shape index (κ3) is 7.98. The van der Waals surface area contributed by atoms with Crippen molar-refractivity contribution in [2.75, 3.05) is 52.2 Å². The van der Waals surface area contributed by atoms with E-state index in [9.17, 15) is 28.3 Å². The zero-order valence-corrected chi connectivity index (χ0v) is 28.7. The molecule has 1 aromatic heterocycles. The number of fused-ring (bicyclic) bond motifs is 1. The number of urea groups is 1. The van der Waals surface area contributed by atoms with Gasteiger partial charge in [0.1, 0.15) is 11.4 Å². The van der Waals surface area contributed by atoms with Gasteiger partial charge in [0.2, 0.25) is 0 Å². The topological polar surface area (TPSA) is 100 Å². The molecule has 2 aliphatic rings. The van der Waals surface area contributed by atoms with Gasteiger partial charge in [0.25, 0.3) is 5.56 Å². The number of nitrogens with one attached hydrogen (secondary N) is 1. The van der Waals surface area contributed by atoms with Crippen LogP contribution in [0, 0.1) is 0 Å². The van der Waals surface area contributed by atoms with Gasteiger partial charge in [0, 0.05) is 48.6 Å². The highest BCUT2D eigenvalue weighted by Crippen LogP contribution is 2.42. The molecule has 1 fully saturated rings. The largest absolute Gasteiger partial charge is 0.506 e. The minimum atomic E-state index is -3.78. The van der Waals surface area contributed by atoms with E-state index in [4.69, 9.17) is 34.8 Å². The second kappa shape index (κ2) is 14.9. The molecule has 46 heavy (non-hydrogen) atoms. The molecule has 2 amide bonds. The normalized spacial score (nSPS) is 16.8. The van der Waals surface area contributed by atoms with E-state index < -0.39 is 16.6 Å². The Bertz CT molecular complexity index is 1650. The zero-order valence-electron chi connectivity index (χ0n) is 25.6. The van der Waals surface area contributed by atoms with Crippen LogP contribution in [0.25, 0.3) is 0 Å². The number of rotatable bonds is 8. The quantitative estimate of drug-likeness (QED) is 0.191. The molecule has 0 radical (unpaired) electrons. The highest BCUT2D eigenvalue weighted by molar-refractivity contribution is 7.99. The van der Waals surface area contributed by atoms with Gasteiger partial charge in [0.15, 0.2) is 6.29 Å². The van der Waals surface area contributed by atoms with E-state index >= 15 is 0 Å². The van der Waals surface area contributed by atoms with Gasteiger partial charge in [-0.2, -0.15) is 8.78 Å². The second-order valence-electron chi connectivity index (χ2n) is 11.2. The number of phenolic OH excluding ortho intramolecular Hbond substituents is 1. The minimum absolute atomic E-state index is 0.00445. The first kappa shape index (κ1) is 36.0. The van der Waals surface area contributed by atoms with Crippen molar-refractivity contribution in [1.29, 1.82) is 0 Å². The Kier molecular flexibility index (Phi) is 11.7. The van der Waals surface area contributed by atoms with E-state index in [1.807, 2.05) is 28.9 Å². The van der Waals surface area contributed by atoms with Crippen molar-refractivity contribution in [3.63, 3.8) is 0 Å². The number of benzene rings is 2. The molecule has 0 aliphatic carbocycles. The minimum Gasteiger partial charge on any atom is -0.506 e. The van der Waals surface area contributed by atoms with Gasteiger partial charge in [-0.05, 0) is 87.5 Å². The van der Waals surface area contributed by atoms with Crippen LogP contribution in [0.3, 0.4) is 0 Å². The molecule has 248 valence electrons. The lowest BCUT2D eigenvalue weighted by atomic mass is 10.0. The number of anilines is 1. The second-order valence-corrected chi connectivity index (χ2v) is 13.5. The first-order valence-corrected chi connectivity index (χ1v) is 16.3. The van der Waals surface area contributed by atoms with Crippen molar-refractivity contribution in [2.24, 2.45) is 0 Å². The van der Waals surface area contributed by atoms with Crippen molar-refractivity contribution in [1.82, 2.24) is 19.7 Å². The lowest BCUT2D eigenvalue weighted by molar-refractivity contribution is 0.0891. The Balaban J connectivity index is 0.000000210. The summed E-state index contributed by atoms with van der Waals surface area (Å²) in [6.45, 7) is 5.92. The SMILES string of the molecule is CCN1CCCN(c2cc3c(cc2O)C(CN(C)C)N(C)C3)C1=O.O=Cc1c(Sc2c(Cl)cccc2Cl)cc(C(F)(F)Cl)[nH]c1=O. The average molecular weight is 717 g/mol. The number of hydrogen-bond donors (Lipinski definition) is 2. The van der Waals surface area contributed by atoms with E-state index in [2.05, 4.69) is 30.9 Å². The molecule has 1 saturated heterocycles. The van der Waals surface area contributed by atoms with Gasteiger partial charge in [0.05, 0.1) is 21.3 Å². The van der Waals surface area contributed by atoms with Gasteiger partial charge in [-0.25, -0.2) is 4.79 Å². The summed E-state index contributed by atoms with van der Waals surface area (Å²) in [5.41, 5.74) is 0.915. The maximum atomic E-state index is 13.2. The fourth-order valence-corrected chi connectivity index (χ4v) is 7.09. The highest BCUT2D eigenvalue weighted by atomic mass is 35.5. The third-order valence-corrected chi connectivity index (χ3v) is 9.92. The summed E-state index contributed by atoms with van der Waals surface area (Å²) in [4.78, 5) is 45.6. The maximum absolute atomic E-state index is 13.2. The fourth-order valence-electron chi connectivity index (χ4n) is 5.38. The van der Waals surface area contributed by atoms with Crippen LogP contribution in [0.2, 0.25) is 10.0 Å². The maximum Gasteiger partial charge on any atom is 0.362 e. The monoisotopic (exact) mass is 715 g/mol. The van der Waals surface area contributed by atoms with Crippen LogP contribution < -0.4 is 10.5 Å². The molecule has 9 nitrogen and oxygen atoms in total. The molecule has 2 aliphatic heterocycles. The van der Waals surface area contributed by atoms with Gasteiger partial charge in [-0.3, -0.25) is 19.4 Å². The first-order valence-electron chi connectivity index (χ1n) is 14.3. The first-order chi connectivity index (χ1) is 21.7. The summed E-state index contributed by atoms with van der Waals surface area (Å²) in [6, 6.07) is 9.75. The number of pyridine rings is 1. The molecule has 3 aromatic rings. The van der Waals surface area contributed by atoms with E-state index in [0.29, 0.717) is 23.7 Å². The molecule has 1 unspecified atom stereocenters. The molecule has 5 rings (SSSR count). The predicted octanol–water partition coefficient (Wildman–Crippen LogP) is 7.03. The smallest absolute Gasteiger partial charge is 0.362 e. The van der Waals surface area contributed by atoms with Crippen LogP contribution in [-0.2, 0) is 11.9 Å². The summed E-state index contributed by atoms with van der Waals surface area (Å²) in [5.74, 6) is 0.208. The van der Waals surface area contributed by atoms with Crippen LogP contribution in [0.4, 0.5) is 19.3 Å². The Morgan fingerprint density at radius 2 is 1.83 bits per heavy atom. The number of carbonyl (C=O) groups is 2. The third-order valence-electron chi connectivity index (χ3n) is 7.66. The van der Waals surface area contributed by atoms with Crippen LogP contribution >= 0.6 is 46.6 Å². The van der Waals surface area contributed by atoms with Crippen LogP contribution in [0.15, 0.2) is 51.0 Å². The fraction of sp³-hybridized carbons (Fsp3) is 0.387. The molecule has 2 N–H and O–H groups in total. The van der Waals surface area contributed by atoms with Crippen molar-refractivity contribution in [3.8, 4) is 5.75 Å². The number of alkyl halides is 3. The molecule has 3 heterocycles. The van der Waals surface area contributed by atoms with Gasteiger partial charge < -0.3 is 19.9 Å². The molecule has 0 bridgehead atoms. The number of likely N-dealkylation sites (N-methyl/N-ethyl adjacent to an activating group) is 2. The lowest BCUT2D eigenvalue weighted by Crippen LogP contribution is -2.49. The van der Waals surface area contributed by atoms with Crippen molar-refractivity contribution >= 4 is 64.6 Å². The number of aldehydes is 1. The van der Waals surface area contributed by atoms with Crippen LogP contribution in [-0.4, -0.2) is 84.4 Å². The summed E-state index contributed by atoms with van der Waals surface area (Å²) >= 11 is 17.7. The van der Waals surface area contributed by atoms with Crippen molar-refractivity contribution in [3.05, 3.63) is 79.2 Å². The number of halogens is 5. The van der Waals surface area contributed by atoms with Gasteiger partial charge in [-0.15, -0.1) is 0 Å². The number of aromatic amines is 1. The zero-order chi connectivity index (χ0) is 33.9. The average Bonchev–Trinajstić information content (AvgIpc) is 3.27. The molecule has 15 heteroatoms. The Labute approximate surface area is 285 Å². The van der Waals surface area contributed by atoms with E-state index in [1.54, 1.807) is 23.1 Å². The summed E-state index contributed by atoms with van der Waals surface area (Å²) in [5, 5.41) is 7.34. The number of H-pyrrole nitrogens is 1. The molecule has 0 spiro atoms. The number of aromatic hydroxyl groups is 1. The number of phenols is 1. The summed E-state index contributed by atoms with van der Waals surface area (Å²) < 4.78 is 26.4. The number of aromatic nitrogens is 1. The summed E-state index contributed by atoms with van der Waals surface area (Å²) in [6.07, 6.45) is 1.20. The molecule has 2 aromatic carbocycles. The molecular weight excluding hydrogens is 683 g/mol. The van der Waals surface area contributed by atoms with E-state index in [0.717, 1.165) is 43.9 Å². The lowest BCUT2D eigenvalue weighted by Gasteiger charge is -2.35. The number of nitrogens with zero attached hydrogens (tertiary/aromatic N) is 4. The van der Waals surface area contributed by atoms with Crippen LogP contribution in [0.5, 0.6) is 5.75 Å². The Morgan fingerprint density at radius 3 is 2.41 bits per heavy atom. The molecule has 1 atom stereocenters. The predicted molar refractivity (Wildman–Crippen MR) is 178 cm³/mol. The van der Waals surface area contributed by atoms with E-state index in [-0.39, 0.29) is 44.6 Å². The van der Waals surface area contributed by atoms with Crippen molar-refractivity contribution in [2.45, 2.75) is 41.1 Å². The number of amides is 2. The van der Waals surface area contributed by atoms with Crippen LogP contribution in [0.1, 0.15) is 46.6 Å². The number of carbonyl (C=O) groups excluding carboxylic acids is 2. The standard InChI is InChI=1S/C18H28N4O2.C13H6Cl3F2NO2S/c1-5-21-7-6-8-22(18(21)24)15-9-13-11-20(4)16(12-19(2)3)14(13)10-17(15)23;14-7-2-1-3-8(15)11(7)22-9-4-10(13(16,17)18)19-12(21)6(9)5-20/h9-10,16,23H,5-8,11-12H2,1-4H3;1-5H,(H,19,21). The number of hydrogen-bond acceptors (Lipinski definition) is 7. The highest BCUT2D eigenvalue weighted by Gasteiger charge is 2.33. The molecule has 0 saturated carbocycles. The Morgan fingerprint density at radius 1 is 1.15 bits per heavy atom.